The van der Waals surface area contributed by atoms with E-state index in [0.717, 1.165) is 17.7 Å². The average Bonchev–Trinajstić information content (AvgIpc) is 3.10. The molecule has 1 heterocycles. The first kappa shape index (κ1) is 21.2. The average molecular weight is 418 g/mol. The van der Waals surface area contributed by atoms with Crippen LogP contribution in [0.4, 0.5) is 8.78 Å². The largest absolute Gasteiger partial charge is 0.484 e. The maximum absolute atomic E-state index is 13.2. The van der Waals surface area contributed by atoms with Crippen LogP contribution in [-0.4, -0.2) is 42.4 Å². The fourth-order valence-electron chi connectivity index (χ4n) is 3.31. The number of methoxy groups -OCH3 is 1. The van der Waals surface area contributed by atoms with Crippen molar-refractivity contribution in [1.82, 2.24) is 10.2 Å². The van der Waals surface area contributed by atoms with Crippen molar-refractivity contribution in [2.45, 2.75) is 25.6 Å². The zero-order valence-electron chi connectivity index (χ0n) is 16.4. The first-order chi connectivity index (χ1) is 14.3. The van der Waals surface area contributed by atoms with Crippen molar-refractivity contribution in [3.05, 3.63) is 65.2 Å². The highest BCUT2D eigenvalue weighted by Crippen LogP contribution is 2.34. The van der Waals surface area contributed by atoms with Gasteiger partial charge in [0.15, 0.2) is 12.6 Å². The van der Waals surface area contributed by atoms with Gasteiger partial charge in [0.2, 0.25) is 5.91 Å². The second-order valence-corrected chi connectivity index (χ2v) is 6.77. The summed E-state index contributed by atoms with van der Waals surface area (Å²) in [5.74, 6) is -3.54. The first-order valence-electron chi connectivity index (χ1n) is 9.14. The van der Waals surface area contributed by atoms with Crippen LogP contribution in [0, 0.1) is 11.6 Å². The summed E-state index contributed by atoms with van der Waals surface area (Å²) in [4.78, 5) is 38.6. The van der Waals surface area contributed by atoms with E-state index in [1.165, 1.54) is 18.9 Å². The van der Waals surface area contributed by atoms with Crippen molar-refractivity contribution in [1.29, 1.82) is 0 Å². The zero-order chi connectivity index (χ0) is 21.8. The predicted molar refractivity (Wildman–Crippen MR) is 101 cm³/mol. The Kier molecular flexibility index (Phi) is 6.29. The lowest BCUT2D eigenvalue weighted by Gasteiger charge is -2.26. The number of ether oxygens (including phenoxy) is 2. The highest BCUT2D eigenvalue weighted by Gasteiger charge is 2.40. The molecule has 1 N–H and O–H groups in total. The third kappa shape index (κ3) is 4.56. The van der Waals surface area contributed by atoms with Crippen LogP contribution in [-0.2, 0) is 25.7 Å². The van der Waals surface area contributed by atoms with Crippen molar-refractivity contribution in [3.63, 3.8) is 0 Å². The summed E-state index contributed by atoms with van der Waals surface area (Å²) in [6.07, 6.45) is 0. The van der Waals surface area contributed by atoms with Crippen LogP contribution in [0.5, 0.6) is 5.75 Å². The van der Waals surface area contributed by atoms with Gasteiger partial charge in [-0.25, -0.2) is 13.6 Å². The van der Waals surface area contributed by atoms with Crippen LogP contribution in [0.15, 0.2) is 42.5 Å². The molecular formula is C21H20F2N2O5. The Balaban J connectivity index is 1.63. The van der Waals surface area contributed by atoms with Crippen molar-refractivity contribution in [3.8, 4) is 5.75 Å². The molecule has 0 spiro atoms. The quantitative estimate of drug-likeness (QED) is 0.727. The van der Waals surface area contributed by atoms with E-state index in [2.05, 4.69) is 5.32 Å². The van der Waals surface area contributed by atoms with Crippen molar-refractivity contribution in [2.75, 3.05) is 13.7 Å². The number of carbonyl (C=O) groups is 3. The van der Waals surface area contributed by atoms with Gasteiger partial charge in [0, 0.05) is 24.7 Å². The number of benzene rings is 2. The molecule has 0 aliphatic carbocycles. The summed E-state index contributed by atoms with van der Waals surface area (Å²) in [7, 11) is 1.24. The molecule has 2 aromatic carbocycles. The second kappa shape index (κ2) is 8.89. The van der Waals surface area contributed by atoms with Crippen molar-refractivity contribution >= 4 is 17.8 Å². The molecule has 1 aliphatic heterocycles. The number of halogens is 2. The number of nitrogens with zero attached hydrogens (tertiary/aromatic N) is 1. The van der Waals surface area contributed by atoms with Crippen LogP contribution < -0.4 is 10.1 Å². The second-order valence-electron chi connectivity index (χ2n) is 6.77. The third-order valence-corrected chi connectivity index (χ3v) is 4.66. The van der Waals surface area contributed by atoms with E-state index in [9.17, 15) is 23.2 Å². The molecule has 0 bridgehead atoms. The number of hydrogen-bond acceptors (Lipinski definition) is 5. The van der Waals surface area contributed by atoms with Gasteiger partial charge in [0.1, 0.15) is 23.4 Å². The molecule has 2 atom stereocenters. The first-order valence-corrected chi connectivity index (χ1v) is 9.14. The van der Waals surface area contributed by atoms with Crippen molar-refractivity contribution in [2.24, 2.45) is 0 Å². The predicted octanol–water partition coefficient (Wildman–Crippen LogP) is 2.10. The lowest BCUT2D eigenvalue weighted by Crippen LogP contribution is -2.48. The molecule has 2 aromatic rings. The number of nitrogens with one attached hydrogen (secondary N) is 1. The SMILES string of the molecule is COC(=O)C1c2ccccc2CN1C(=O)[C@@H](C)NC(=O)COc1cc(F)cc(F)c1. The molecule has 0 saturated heterocycles. The topological polar surface area (TPSA) is 84.9 Å². The zero-order valence-corrected chi connectivity index (χ0v) is 16.4. The molecule has 0 radical (unpaired) electrons. The van der Waals surface area contributed by atoms with E-state index >= 15 is 0 Å². The van der Waals surface area contributed by atoms with Crippen LogP contribution in [0.2, 0.25) is 0 Å². The monoisotopic (exact) mass is 418 g/mol. The van der Waals surface area contributed by atoms with Gasteiger partial charge in [-0.05, 0) is 18.1 Å². The molecular weight excluding hydrogens is 398 g/mol. The molecule has 9 heteroatoms. The summed E-state index contributed by atoms with van der Waals surface area (Å²) >= 11 is 0. The Morgan fingerprint density at radius 1 is 1.17 bits per heavy atom. The van der Waals surface area contributed by atoms with Crippen molar-refractivity contribution < 1.29 is 32.6 Å². The Morgan fingerprint density at radius 3 is 2.50 bits per heavy atom. The molecule has 0 aromatic heterocycles. The number of esters is 1. The van der Waals surface area contributed by atoms with Gasteiger partial charge in [-0.1, -0.05) is 24.3 Å². The summed E-state index contributed by atoms with van der Waals surface area (Å²) < 4.78 is 36.3. The smallest absolute Gasteiger partial charge is 0.333 e. The van der Waals surface area contributed by atoms with Gasteiger partial charge >= 0.3 is 5.97 Å². The lowest BCUT2D eigenvalue weighted by atomic mass is 10.1. The minimum Gasteiger partial charge on any atom is -0.484 e. The molecule has 1 aliphatic rings. The van der Waals surface area contributed by atoms with Gasteiger partial charge in [-0.15, -0.1) is 0 Å². The highest BCUT2D eigenvalue weighted by atomic mass is 19.1. The molecule has 158 valence electrons. The fourth-order valence-corrected chi connectivity index (χ4v) is 3.31. The molecule has 2 amide bonds. The summed E-state index contributed by atoms with van der Waals surface area (Å²) in [6, 6.07) is 7.82. The maximum atomic E-state index is 13.2. The summed E-state index contributed by atoms with van der Waals surface area (Å²) in [5.41, 5.74) is 1.49. The minimum atomic E-state index is -0.966. The normalized spacial score (nSPS) is 15.9. The van der Waals surface area contributed by atoms with E-state index in [4.69, 9.17) is 9.47 Å². The van der Waals surface area contributed by atoms with Gasteiger partial charge in [0.25, 0.3) is 5.91 Å². The van der Waals surface area contributed by atoms with Crippen LogP contribution in [0.3, 0.4) is 0 Å². The summed E-state index contributed by atoms with van der Waals surface area (Å²) in [6.45, 7) is 1.13. The standard InChI is InChI=1S/C21H20F2N2O5/c1-12(24-18(26)11-30-16-8-14(22)7-15(23)9-16)20(27)25-10-13-5-3-4-6-17(13)19(25)21(28)29-2/h3-9,12,19H,10-11H2,1-2H3,(H,24,26)/t12-,19?/m1/s1. The molecule has 0 fully saturated rings. The number of hydrogen-bond donors (Lipinski definition) is 1. The fraction of sp³-hybridized carbons (Fsp3) is 0.286. The molecule has 3 rings (SSSR count). The maximum Gasteiger partial charge on any atom is 0.333 e. The molecule has 30 heavy (non-hydrogen) atoms. The van der Waals surface area contributed by atoms with E-state index in [0.29, 0.717) is 11.6 Å². The lowest BCUT2D eigenvalue weighted by molar-refractivity contribution is -0.153. The van der Waals surface area contributed by atoms with Gasteiger partial charge < -0.3 is 19.7 Å². The molecule has 1 unspecified atom stereocenters. The Bertz CT molecular complexity index is 961. The molecule has 0 saturated carbocycles. The van der Waals surface area contributed by atoms with E-state index in [1.807, 2.05) is 6.07 Å². The Labute approximate surface area is 171 Å². The van der Waals surface area contributed by atoms with Gasteiger partial charge in [-0.2, -0.15) is 0 Å². The van der Waals surface area contributed by atoms with Gasteiger partial charge in [-0.3, -0.25) is 9.59 Å². The van der Waals surface area contributed by atoms with Crippen LogP contribution in [0.1, 0.15) is 24.1 Å². The van der Waals surface area contributed by atoms with E-state index in [-0.39, 0.29) is 12.3 Å². The van der Waals surface area contributed by atoms with Crippen LogP contribution >= 0.6 is 0 Å². The minimum absolute atomic E-state index is 0.151. The number of carbonyl (C=O) groups excluding carboxylic acids is 3. The highest BCUT2D eigenvalue weighted by molar-refractivity contribution is 5.92. The Hall–Kier alpha value is -3.49. The van der Waals surface area contributed by atoms with Gasteiger partial charge in [0.05, 0.1) is 7.11 Å². The third-order valence-electron chi connectivity index (χ3n) is 4.66. The summed E-state index contributed by atoms with van der Waals surface area (Å²) in [5, 5.41) is 2.47. The number of fused-ring (bicyclic) bond motifs is 1. The molecule has 7 nitrogen and oxygen atoms in total. The van der Waals surface area contributed by atoms with Crippen LogP contribution in [0.25, 0.3) is 0 Å². The number of amides is 2. The van der Waals surface area contributed by atoms with E-state index < -0.39 is 48.1 Å². The Morgan fingerprint density at radius 2 is 1.83 bits per heavy atom. The van der Waals surface area contributed by atoms with E-state index in [1.54, 1.807) is 18.2 Å². The number of rotatable bonds is 6.